The summed E-state index contributed by atoms with van der Waals surface area (Å²) in [5.41, 5.74) is -0.194. The van der Waals surface area contributed by atoms with Crippen molar-refractivity contribution in [3.05, 3.63) is 40.8 Å². The summed E-state index contributed by atoms with van der Waals surface area (Å²) in [6.45, 7) is 0. The third kappa shape index (κ3) is 2.76. The highest BCUT2D eigenvalue weighted by Gasteiger charge is 2.31. The average Bonchev–Trinajstić information content (AvgIpc) is 2.86. The Morgan fingerprint density at radius 2 is 2.11 bits per heavy atom. The molecule has 0 saturated carbocycles. The lowest BCUT2D eigenvalue weighted by molar-refractivity contribution is -0.137. The maximum Gasteiger partial charge on any atom is 0.416 e. The van der Waals surface area contributed by atoms with Crippen molar-refractivity contribution >= 4 is 17.5 Å². The maximum absolute atomic E-state index is 12.6. The minimum atomic E-state index is -4.43. The second kappa shape index (κ2) is 5.00. The molecule has 0 saturated heterocycles. The third-order valence-electron chi connectivity index (χ3n) is 2.44. The average molecular weight is 287 g/mol. The summed E-state index contributed by atoms with van der Waals surface area (Å²) in [7, 11) is 1.20. The summed E-state index contributed by atoms with van der Waals surface area (Å²) in [5, 5.41) is 1.45. The topological polar surface area (TPSA) is 39.2 Å². The number of hydrogen-bond acceptors (Lipinski definition) is 4. The molecule has 0 fully saturated rings. The smallest absolute Gasteiger partial charge is 0.416 e. The van der Waals surface area contributed by atoms with Crippen molar-refractivity contribution in [1.82, 2.24) is 4.37 Å². The van der Waals surface area contributed by atoms with Gasteiger partial charge in [0.15, 0.2) is 0 Å². The van der Waals surface area contributed by atoms with E-state index in [9.17, 15) is 18.0 Å². The number of alkyl halides is 3. The van der Waals surface area contributed by atoms with E-state index in [-0.39, 0.29) is 16.8 Å². The van der Waals surface area contributed by atoms with Crippen LogP contribution in [0.15, 0.2) is 29.6 Å². The molecule has 0 amide bonds. The number of hydrogen-bond donors (Lipinski definition) is 0. The molecule has 0 unspecified atom stereocenters. The summed E-state index contributed by atoms with van der Waals surface area (Å²) in [6.07, 6.45) is -4.43. The van der Waals surface area contributed by atoms with E-state index in [0.29, 0.717) is 0 Å². The summed E-state index contributed by atoms with van der Waals surface area (Å²) in [6, 6.07) is 4.67. The van der Waals surface area contributed by atoms with E-state index in [4.69, 9.17) is 0 Å². The van der Waals surface area contributed by atoms with Gasteiger partial charge in [0, 0.05) is 10.9 Å². The van der Waals surface area contributed by atoms with E-state index < -0.39 is 17.7 Å². The molecule has 1 aromatic heterocycles. The first kappa shape index (κ1) is 13.5. The zero-order chi connectivity index (χ0) is 14.0. The number of ether oxygens (including phenoxy) is 1. The molecule has 1 aromatic carbocycles. The fourth-order valence-electron chi connectivity index (χ4n) is 1.54. The Hall–Kier alpha value is -1.89. The van der Waals surface area contributed by atoms with Gasteiger partial charge in [0.25, 0.3) is 0 Å². The second-order valence-electron chi connectivity index (χ2n) is 3.65. The van der Waals surface area contributed by atoms with Crippen LogP contribution in [-0.4, -0.2) is 17.5 Å². The van der Waals surface area contributed by atoms with Gasteiger partial charge in [-0.25, -0.2) is 4.79 Å². The first-order valence-corrected chi connectivity index (χ1v) is 5.97. The Bertz CT molecular complexity index is 607. The summed E-state index contributed by atoms with van der Waals surface area (Å²) >= 11 is 0.986. The highest BCUT2D eigenvalue weighted by molar-refractivity contribution is 7.04. The highest BCUT2D eigenvalue weighted by Crippen LogP contribution is 2.33. The van der Waals surface area contributed by atoms with Crippen LogP contribution in [-0.2, 0) is 10.9 Å². The lowest BCUT2D eigenvalue weighted by Crippen LogP contribution is -2.05. The number of nitrogens with zero attached hydrogens (tertiary/aromatic N) is 1. The van der Waals surface area contributed by atoms with Gasteiger partial charge in [-0.05, 0) is 23.7 Å². The van der Waals surface area contributed by atoms with E-state index in [1.54, 1.807) is 0 Å². The second-order valence-corrected chi connectivity index (χ2v) is 4.28. The van der Waals surface area contributed by atoms with E-state index in [0.717, 1.165) is 23.7 Å². The highest BCUT2D eigenvalue weighted by atomic mass is 32.1. The van der Waals surface area contributed by atoms with Crippen LogP contribution in [0, 0.1) is 0 Å². The third-order valence-corrected chi connectivity index (χ3v) is 3.07. The molecule has 0 atom stereocenters. The fourth-order valence-corrected chi connectivity index (χ4v) is 2.22. The van der Waals surface area contributed by atoms with Crippen molar-refractivity contribution in [2.45, 2.75) is 6.18 Å². The van der Waals surface area contributed by atoms with Gasteiger partial charge in [0.1, 0.15) is 0 Å². The maximum atomic E-state index is 12.6. The molecule has 2 aromatic rings. The number of carbonyl (C=O) groups is 1. The van der Waals surface area contributed by atoms with Gasteiger partial charge in [-0.2, -0.15) is 17.5 Å². The van der Waals surface area contributed by atoms with Gasteiger partial charge in [0.2, 0.25) is 0 Å². The molecule has 0 N–H and O–H groups in total. The lowest BCUT2D eigenvalue weighted by Gasteiger charge is -2.08. The Morgan fingerprint density at radius 1 is 1.37 bits per heavy atom. The number of carbonyl (C=O) groups excluding carboxylic acids is 1. The van der Waals surface area contributed by atoms with Gasteiger partial charge in [-0.15, -0.1) is 0 Å². The summed E-state index contributed by atoms with van der Waals surface area (Å²) < 4.78 is 46.4. The van der Waals surface area contributed by atoms with E-state index >= 15 is 0 Å². The molecule has 0 spiro atoms. The van der Waals surface area contributed by atoms with Crippen LogP contribution in [0.1, 0.15) is 15.9 Å². The zero-order valence-electron chi connectivity index (χ0n) is 9.69. The number of aromatic nitrogens is 1. The molecular formula is C12H8F3NO2S. The van der Waals surface area contributed by atoms with Crippen molar-refractivity contribution in [1.29, 1.82) is 0 Å². The first-order chi connectivity index (χ1) is 8.93. The van der Waals surface area contributed by atoms with Crippen LogP contribution >= 0.6 is 11.5 Å². The molecule has 1 heterocycles. The van der Waals surface area contributed by atoms with Gasteiger partial charge >= 0.3 is 12.1 Å². The zero-order valence-corrected chi connectivity index (χ0v) is 10.5. The molecule has 19 heavy (non-hydrogen) atoms. The molecule has 2 rings (SSSR count). The molecule has 0 bridgehead atoms. The quantitative estimate of drug-likeness (QED) is 0.792. The Morgan fingerprint density at radius 3 is 2.74 bits per heavy atom. The summed E-state index contributed by atoms with van der Waals surface area (Å²) in [5.74, 6) is -0.624. The largest absolute Gasteiger partial charge is 0.465 e. The van der Waals surface area contributed by atoms with Crippen molar-refractivity contribution in [2.24, 2.45) is 0 Å². The van der Waals surface area contributed by atoms with E-state index in [2.05, 4.69) is 9.11 Å². The molecular weight excluding hydrogens is 279 g/mol. The van der Waals surface area contributed by atoms with Crippen LogP contribution < -0.4 is 0 Å². The summed E-state index contributed by atoms with van der Waals surface area (Å²) in [4.78, 5) is 11.5. The molecule has 0 aliphatic heterocycles. The lowest BCUT2D eigenvalue weighted by atomic mass is 10.1. The van der Waals surface area contributed by atoms with Gasteiger partial charge in [-0.1, -0.05) is 12.1 Å². The SMILES string of the molecule is COC(=O)c1csnc1-c1cccc(C(F)(F)F)c1. The van der Waals surface area contributed by atoms with E-state index in [1.165, 1.54) is 24.6 Å². The van der Waals surface area contributed by atoms with Crippen molar-refractivity contribution < 1.29 is 22.7 Å². The predicted molar refractivity (Wildman–Crippen MR) is 63.9 cm³/mol. The standard InChI is InChI=1S/C12H8F3NO2S/c1-18-11(17)9-6-19-16-10(9)7-3-2-4-8(5-7)12(13,14)15/h2-6H,1H3. The minimum Gasteiger partial charge on any atom is -0.465 e. The number of rotatable bonds is 2. The van der Waals surface area contributed by atoms with E-state index in [1.807, 2.05) is 0 Å². The van der Waals surface area contributed by atoms with Gasteiger partial charge < -0.3 is 4.74 Å². The normalized spacial score (nSPS) is 11.4. The van der Waals surface area contributed by atoms with Crippen LogP contribution in [0.25, 0.3) is 11.3 Å². The van der Waals surface area contributed by atoms with Crippen LogP contribution in [0.4, 0.5) is 13.2 Å². The molecule has 0 aliphatic rings. The Balaban J connectivity index is 2.49. The Kier molecular flexibility index (Phi) is 3.57. The Labute approximate surface area is 110 Å². The number of esters is 1. The molecule has 3 nitrogen and oxygen atoms in total. The van der Waals surface area contributed by atoms with Gasteiger partial charge in [-0.3, -0.25) is 0 Å². The number of benzene rings is 1. The molecule has 0 aliphatic carbocycles. The van der Waals surface area contributed by atoms with Crippen molar-refractivity contribution in [3.63, 3.8) is 0 Å². The van der Waals surface area contributed by atoms with Crippen LogP contribution in [0.2, 0.25) is 0 Å². The minimum absolute atomic E-state index is 0.159. The molecule has 100 valence electrons. The van der Waals surface area contributed by atoms with Crippen molar-refractivity contribution in [2.75, 3.05) is 7.11 Å². The first-order valence-electron chi connectivity index (χ1n) is 5.14. The number of halogens is 3. The predicted octanol–water partition coefficient (Wildman–Crippen LogP) is 3.62. The molecule has 0 radical (unpaired) electrons. The van der Waals surface area contributed by atoms with Crippen LogP contribution in [0.5, 0.6) is 0 Å². The number of methoxy groups -OCH3 is 1. The monoisotopic (exact) mass is 287 g/mol. The van der Waals surface area contributed by atoms with Gasteiger partial charge in [0.05, 0.1) is 23.9 Å². The van der Waals surface area contributed by atoms with Crippen LogP contribution in [0.3, 0.4) is 0 Å². The molecule has 7 heteroatoms. The fraction of sp³-hybridized carbons (Fsp3) is 0.167. The van der Waals surface area contributed by atoms with Crippen molar-refractivity contribution in [3.8, 4) is 11.3 Å².